The van der Waals surface area contributed by atoms with Gasteiger partial charge in [-0.25, -0.2) is 0 Å². The number of hydrogen-bond acceptors (Lipinski definition) is 12. The smallest absolute Gasteiger partial charge is 0.0806 e. The Morgan fingerprint density at radius 3 is 0.694 bits per heavy atom. The van der Waals surface area contributed by atoms with Crippen LogP contribution < -0.4 is 22.9 Å². The van der Waals surface area contributed by atoms with Gasteiger partial charge in [0.2, 0.25) is 0 Å². The predicted molar refractivity (Wildman–Crippen MR) is 199 cm³/mol. The minimum atomic E-state index is -0.619. The highest BCUT2D eigenvalue weighted by atomic mass is 16.6. The number of ether oxygens (including phenoxy) is 8. The standard InChI is InChI=1S/C37H80N4O8/c1-9-29(38)17-46-33(13-5)21-42-25-37(26-43-22-34(14-6)47-18-30(39)10-2,27-44-23-35(15-7)48-19-31(40)11-3)28-45-24-36(16-8)49-20-32(41)12-4/h29-36H,9-28,38-41H2,1-8H3. The van der Waals surface area contributed by atoms with Crippen LogP contribution in [0.15, 0.2) is 0 Å². The van der Waals surface area contributed by atoms with E-state index in [9.17, 15) is 0 Å². The largest absolute Gasteiger partial charge is 0.378 e. The molecule has 8 N–H and O–H groups in total. The number of rotatable bonds is 36. The van der Waals surface area contributed by atoms with Crippen molar-refractivity contribution in [1.82, 2.24) is 0 Å². The van der Waals surface area contributed by atoms with Crippen molar-refractivity contribution in [2.75, 3.05) is 79.3 Å². The lowest BCUT2D eigenvalue weighted by molar-refractivity contribution is -0.142. The zero-order valence-electron chi connectivity index (χ0n) is 32.8. The van der Waals surface area contributed by atoms with Gasteiger partial charge in [0.1, 0.15) is 0 Å². The summed E-state index contributed by atoms with van der Waals surface area (Å²) in [6, 6.07) is 0.0191. The molecule has 0 aromatic rings. The highest BCUT2D eigenvalue weighted by Crippen LogP contribution is 2.23. The average molecular weight is 709 g/mol. The van der Waals surface area contributed by atoms with Gasteiger partial charge in [0.15, 0.2) is 0 Å². The lowest BCUT2D eigenvalue weighted by atomic mass is 9.92. The molecule has 0 bridgehead atoms. The van der Waals surface area contributed by atoms with Gasteiger partial charge < -0.3 is 60.8 Å². The molecular formula is C37H80N4O8. The molecular weight excluding hydrogens is 628 g/mol. The van der Waals surface area contributed by atoms with Gasteiger partial charge in [0.25, 0.3) is 0 Å². The van der Waals surface area contributed by atoms with Crippen molar-refractivity contribution < 1.29 is 37.9 Å². The quantitative estimate of drug-likeness (QED) is 0.0732. The van der Waals surface area contributed by atoms with Gasteiger partial charge in [-0.3, -0.25) is 0 Å². The molecule has 8 unspecified atom stereocenters. The van der Waals surface area contributed by atoms with E-state index in [1.807, 2.05) is 0 Å². The first-order valence-corrected chi connectivity index (χ1v) is 19.3. The number of hydrogen-bond donors (Lipinski definition) is 4. The van der Waals surface area contributed by atoms with E-state index in [0.717, 1.165) is 51.4 Å². The zero-order valence-corrected chi connectivity index (χ0v) is 32.8. The van der Waals surface area contributed by atoms with Gasteiger partial charge in [-0.15, -0.1) is 0 Å². The van der Waals surface area contributed by atoms with Crippen LogP contribution in [-0.4, -0.2) is 128 Å². The van der Waals surface area contributed by atoms with Crippen molar-refractivity contribution in [3.05, 3.63) is 0 Å². The molecule has 0 radical (unpaired) electrons. The van der Waals surface area contributed by atoms with Crippen molar-refractivity contribution in [3.63, 3.8) is 0 Å². The fourth-order valence-corrected chi connectivity index (χ4v) is 4.52. The van der Waals surface area contributed by atoms with Gasteiger partial charge in [-0.1, -0.05) is 55.4 Å². The Morgan fingerprint density at radius 2 is 0.531 bits per heavy atom. The molecule has 0 aliphatic carbocycles. The van der Waals surface area contributed by atoms with Crippen LogP contribution in [0.4, 0.5) is 0 Å². The zero-order chi connectivity index (χ0) is 36.9. The molecule has 0 spiro atoms. The molecule has 0 rings (SSSR count). The summed E-state index contributed by atoms with van der Waals surface area (Å²) in [5, 5.41) is 0. The third-order valence-electron chi connectivity index (χ3n) is 8.95. The van der Waals surface area contributed by atoms with Gasteiger partial charge in [-0.2, -0.15) is 0 Å². The molecule has 0 fully saturated rings. The SMILES string of the molecule is CCC(N)COC(CC)COCC(COCC(CC)OCC(N)CC)(COCC(CC)OCC(N)CC)COCC(CC)OCC(N)CC. The second kappa shape index (κ2) is 31.1. The van der Waals surface area contributed by atoms with Gasteiger partial charge in [-0.05, 0) is 51.4 Å². The molecule has 8 atom stereocenters. The topological polar surface area (TPSA) is 178 Å². The number of nitrogens with two attached hydrogens (primary N) is 4. The minimum Gasteiger partial charge on any atom is -0.378 e. The Morgan fingerprint density at radius 1 is 0.327 bits per heavy atom. The van der Waals surface area contributed by atoms with Crippen molar-refractivity contribution in [1.29, 1.82) is 0 Å². The molecule has 296 valence electrons. The predicted octanol–water partition coefficient (Wildman–Crippen LogP) is 4.17. The van der Waals surface area contributed by atoms with Crippen LogP contribution in [0.3, 0.4) is 0 Å². The van der Waals surface area contributed by atoms with Crippen molar-refractivity contribution in [3.8, 4) is 0 Å². The molecule has 0 heterocycles. The maximum atomic E-state index is 6.40. The van der Waals surface area contributed by atoms with Crippen LogP contribution in [0.5, 0.6) is 0 Å². The van der Waals surface area contributed by atoms with Crippen LogP contribution in [0.2, 0.25) is 0 Å². The molecule has 49 heavy (non-hydrogen) atoms. The Balaban J connectivity index is 5.91. The second-order valence-electron chi connectivity index (χ2n) is 13.7. The highest BCUT2D eigenvalue weighted by molar-refractivity contribution is 4.81. The summed E-state index contributed by atoms with van der Waals surface area (Å²) in [6.45, 7) is 21.7. The van der Waals surface area contributed by atoms with Crippen LogP contribution in [-0.2, 0) is 37.9 Å². The first-order valence-electron chi connectivity index (χ1n) is 19.3. The summed E-state index contributed by atoms with van der Waals surface area (Å²) >= 11 is 0. The molecule has 0 saturated carbocycles. The summed E-state index contributed by atoms with van der Waals surface area (Å²) in [4.78, 5) is 0. The minimum absolute atomic E-state index is 0.00478. The molecule has 0 aromatic carbocycles. The van der Waals surface area contributed by atoms with Gasteiger partial charge >= 0.3 is 0 Å². The third kappa shape index (κ3) is 24.4. The lowest BCUT2D eigenvalue weighted by Gasteiger charge is -2.35. The van der Waals surface area contributed by atoms with E-state index in [-0.39, 0.29) is 48.6 Å². The van der Waals surface area contributed by atoms with E-state index in [0.29, 0.717) is 79.3 Å². The molecule has 0 aromatic heterocycles. The van der Waals surface area contributed by atoms with Crippen LogP contribution in [0, 0.1) is 5.41 Å². The molecule has 0 amide bonds. The van der Waals surface area contributed by atoms with Gasteiger partial charge in [0, 0.05) is 24.2 Å². The fourth-order valence-electron chi connectivity index (χ4n) is 4.52. The average Bonchev–Trinajstić information content (AvgIpc) is 3.12. The summed E-state index contributed by atoms with van der Waals surface area (Å²) in [6.07, 6.45) is 6.41. The van der Waals surface area contributed by atoms with E-state index >= 15 is 0 Å². The van der Waals surface area contributed by atoms with Crippen LogP contribution in [0.1, 0.15) is 107 Å². The maximum absolute atomic E-state index is 6.40. The normalized spacial score (nSPS) is 18.4. The summed E-state index contributed by atoms with van der Waals surface area (Å²) in [7, 11) is 0. The second-order valence-corrected chi connectivity index (χ2v) is 13.7. The van der Waals surface area contributed by atoms with Crippen molar-refractivity contribution >= 4 is 0 Å². The Bertz CT molecular complexity index is 610. The van der Waals surface area contributed by atoms with Gasteiger partial charge in [0.05, 0.1) is 109 Å². The summed E-state index contributed by atoms with van der Waals surface area (Å²) in [5.41, 5.74) is 23.8. The van der Waals surface area contributed by atoms with Crippen molar-refractivity contribution in [2.45, 2.75) is 155 Å². The third-order valence-corrected chi connectivity index (χ3v) is 8.95. The summed E-state index contributed by atoms with van der Waals surface area (Å²) < 4.78 is 49.9. The monoisotopic (exact) mass is 709 g/mol. The Labute approximate surface area is 300 Å². The molecule has 12 heteroatoms. The van der Waals surface area contributed by atoms with E-state index in [4.69, 9.17) is 60.8 Å². The molecule has 0 aliphatic heterocycles. The highest BCUT2D eigenvalue weighted by Gasteiger charge is 2.34. The molecule has 12 nitrogen and oxygen atoms in total. The van der Waals surface area contributed by atoms with E-state index in [1.54, 1.807) is 0 Å². The van der Waals surface area contributed by atoms with Crippen LogP contribution >= 0.6 is 0 Å². The van der Waals surface area contributed by atoms with Crippen molar-refractivity contribution in [2.24, 2.45) is 28.3 Å². The fraction of sp³-hybridized carbons (Fsp3) is 1.00. The van der Waals surface area contributed by atoms with E-state index in [2.05, 4.69) is 55.4 Å². The van der Waals surface area contributed by atoms with Crippen LogP contribution in [0.25, 0.3) is 0 Å². The Hall–Kier alpha value is -0.480. The first kappa shape index (κ1) is 48.5. The maximum Gasteiger partial charge on any atom is 0.0806 e. The molecule has 0 aliphatic rings. The summed E-state index contributed by atoms with van der Waals surface area (Å²) in [5.74, 6) is 0. The molecule has 0 saturated heterocycles. The van der Waals surface area contributed by atoms with E-state index < -0.39 is 5.41 Å². The van der Waals surface area contributed by atoms with E-state index in [1.165, 1.54) is 0 Å². The first-order chi connectivity index (χ1) is 23.5. The lowest BCUT2D eigenvalue weighted by Crippen LogP contribution is -2.44. The Kier molecular flexibility index (Phi) is 30.8.